The first-order valence-electron chi connectivity index (χ1n) is 9.27. The Kier molecular flexibility index (Phi) is 12.3. The summed E-state index contributed by atoms with van der Waals surface area (Å²) in [5.74, 6) is 0.868. The molecule has 1 fully saturated rings. The molecule has 0 aromatic carbocycles. The lowest BCUT2D eigenvalue weighted by Gasteiger charge is -2.26. The van der Waals surface area contributed by atoms with Gasteiger partial charge in [-0.3, -0.25) is 14.7 Å². The Hall–Kier alpha value is -1.13. The number of aliphatic imine (C=N–C) groups is 1. The van der Waals surface area contributed by atoms with Gasteiger partial charge in [0.15, 0.2) is 5.96 Å². The largest absolute Gasteiger partial charge is 0.379 e. The summed E-state index contributed by atoms with van der Waals surface area (Å²) < 4.78 is 7.11. The number of nitrogens with one attached hydrogen (secondary N) is 2. The lowest BCUT2D eigenvalue weighted by molar-refractivity contribution is 0.0389. The number of rotatable bonds is 9. The predicted molar refractivity (Wildman–Crippen MR) is 117 cm³/mol. The van der Waals surface area contributed by atoms with Crippen LogP contribution in [0.15, 0.2) is 34.2 Å². The number of hydrogen-bond acceptors (Lipinski definition) is 4. The Labute approximate surface area is 173 Å². The van der Waals surface area contributed by atoms with E-state index in [-0.39, 0.29) is 29.5 Å². The number of halogens is 1. The molecule has 0 unspecified atom stereocenters. The number of aryl methyl sites for hydroxylation is 1. The van der Waals surface area contributed by atoms with Crippen LogP contribution in [-0.4, -0.2) is 67.9 Å². The van der Waals surface area contributed by atoms with Crippen molar-refractivity contribution in [2.24, 2.45) is 4.99 Å². The molecule has 7 nitrogen and oxygen atoms in total. The van der Waals surface area contributed by atoms with Gasteiger partial charge in [-0.2, -0.15) is 0 Å². The zero-order chi connectivity index (χ0) is 17.7. The van der Waals surface area contributed by atoms with E-state index in [4.69, 9.17) is 4.74 Å². The monoisotopic (exact) mass is 477 g/mol. The molecule has 0 aliphatic carbocycles. The zero-order valence-corrected chi connectivity index (χ0v) is 18.0. The Morgan fingerprint density at radius 3 is 2.73 bits per heavy atom. The molecular formula is C18H32IN5O2. The average Bonchev–Trinajstić information content (AvgIpc) is 2.64. The van der Waals surface area contributed by atoms with E-state index in [1.54, 1.807) is 16.7 Å². The van der Waals surface area contributed by atoms with Crippen LogP contribution in [0, 0.1) is 0 Å². The molecule has 2 rings (SSSR count). The van der Waals surface area contributed by atoms with E-state index in [2.05, 4.69) is 27.4 Å². The number of nitrogens with zero attached hydrogens (tertiary/aromatic N) is 3. The fraction of sp³-hybridized carbons (Fsp3) is 0.667. The van der Waals surface area contributed by atoms with Crippen molar-refractivity contribution in [3.63, 3.8) is 0 Å². The van der Waals surface area contributed by atoms with Gasteiger partial charge in [0.2, 0.25) is 5.56 Å². The molecule has 2 heterocycles. The minimum absolute atomic E-state index is 0. The molecule has 0 spiro atoms. The molecule has 1 aromatic rings. The maximum Gasteiger partial charge on any atom is 0.250 e. The van der Waals surface area contributed by atoms with Crippen molar-refractivity contribution >= 4 is 29.9 Å². The third-order valence-corrected chi connectivity index (χ3v) is 4.14. The molecule has 0 radical (unpaired) electrons. The molecule has 1 aliphatic rings. The lowest BCUT2D eigenvalue weighted by Crippen LogP contribution is -2.44. The Balaban J connectivity index is 0.00000338. The SMILES string of the molecule is CCNC(=NCCCCn1ccccc1=O)NCCN1CCOCC1.I. The predicted octanol–water partition coefficient (Wildman–Crippen LogP) is 1.13. The van der Waals surface area contributed by atoms with Crippen molar-refractivity contribution in [3.8, 4) is 0 Å². The molecule has 0 atom stereocenters. The van der Waals surface area contributed by atoms with Crippen LogP contribution < -0.4 is 16.2 Å². The summed E-state index contributed by atoms with van der Waals surface area (Å²) >= 11 is 0. The molecule has 0 saturated carbocycles. The van der Waals surface area contributed by atoms with Gasteiger partial charge in [0.05, 0.1) is 13.2 Å². The van der Waals surface area contributed by atoms with E-state index in [1.807, 2.05) is 12.3 Å². The first-order valence-corrected chi connectivity index (χ1v) is 9.27. The van der Waals surface area contributed by atoms with Crippen molar-refractivity contribution in [1.82, 2.24) is 20.1 Å². The highest BCUT2D eigenvalue weighted by Gasteiger charge is 2.09. The maximum atomic E-state index is 11.6. The first kappa shape index (κ1) is 22.9. The number of pyridine rings is 1. The van der Waals surface area contributed by atoms with Gasteiger partial charge in [-0.1, -0.05) is 6.07 Å². The van der Waals surface area contributed by atoms with Crippen LogP contribution in [0.25, 0.3) is 0 Å². The smallest absolute Gasteiger partial charge is 0.250 e. The highest BCUT2D eigenvalue weighted by molar-refractivity contribution is 14.0. The van der Waals surface area contributed by atoms with Crippen LogP contribution in [0.3, 0.4) is 0 Å². The maximum absolute atomic E-state index is 11.6. The molecule has 1 aliphatic heterocycles. The Bertz CT molecular complexity index is 573. The van der Waals surface area contributed by atoms with E-state index in [9.17, 15) is 4.79 Å². The van der Waals surface area contributed by atoms with Crippen LogP contribution in [-0.2, 0) is 11.3 Å². The van der Waals surface area contributed by atoms with Crippen molar-refractivity contribution in [2.45, 2.75) is 26.3 Å². The Morgan fingerprint density at radius 1 is 1.19 bits per heavy atom. The quantitative estimate of drug-likeness (QED) is 0.242. The summed E-state index contributed by atoms with van der Waals surface area (Å²) in [5, 5.41) is 6.67. The number of unbranched alkanes of at least 4 members (excludes halogenated alkanes) is 1. The second kappa shape index (κ2) is 14.0. The standard InChI is InChI=1S/C18H31N5O2.HI/c1-2-19-18(21-9-12-22-13-15-25-16-14-22)20-8-4-6-11-23-10-5-3-7-17(23)24;/h3,5,7,10H,2,4,6,8-9,11-16H2,1H3,(H2,19,20,21);1H. The van der Waals surface area contributed by atoms with Crippen molar-refractivity contribution in [1.29, 1.82) is 0 Å². The van der Waals surface area contributed by atoms with Crippen LogP contribution >= 0.6 is 24.0 Å². The molecule has 26 heavy (non-hydrogen) atoms. The van der Waals surface area contributed by atoms with Crippen LogP contribution in [0.1, 0.15) is 19.8 Å². The summed E-state index contributed by atoms with van der Waals surface area (Å²) in [5.41, 5.74) is 0.0594. The summed E-state index contributed by atoms with van der Waals surface area (Å²) in [6.45, 7) is 9.99. The molecule has 1 aromatic heterocycles. The molecule has 1 saturated heterocycles. The summed E-state index contributed by atoms with van der Waals surface area (Å²) in [4.78, 5) is 18.6. The topological polar surface area (TPSA) is 70.9 Å². The lowest BCUT2D eigenvalue weighted by atomic mass is 10.3. The highest BCUT2D eigenvalue weighted by atomic mass is 127. The summed E-state index contributed by atoms with van der Waals surface area (Å²) in [6, 6.07) is 5.26. The molecule has 2 N–H and O–H groups in total. The molecule has 148 valence electrons. The van der Waals surface area contributed by atoms with Crippen LogP contribution in [0.5, 0.6) is 0 Å². The summed E-state index contributed by atoms with van der Waals surface area (Å²) in [6.07, 6.45) is 3.74. The van der Waals surface area contributed by atoms with Gasteiger partial charge in [0, 0.05) is 58.1 Å². The van der Waals surface area contributed by atoms with Crippen molar-refractivity contribution in [2.75, 3.05) is 52.5 Å². The van der Waals surface area contributed by atoms with Crippen molar-refractivity contribution in [3.05, 3.63) is 34.7 Å². The molecule has 0 bridgehead atoms. The van der Waals surface area contributed by atoms with Crippen molar-refractivity contribution < 1.29 is 4.74 Å². The number of guanidine groups is 1. The fourth-order valence-corrected chi connectivity index (χ4v) is 2.73. The van der Waals surface area contributed by atoms with Gasteiger partial charge >= 0.3 is 0 Å². The average molecular weight is 477 g/mol. The summed E-state index contributed by atoms with van der Waals surface area (Å²) in [7, 11) is 0. The molecule has 8 heteroatoms. The minimum Gasteiger partial charge on any atom is -0.379 e. The second-order valence-electron chi connectivity index (χ2n) is 6.08. The van der Waals surface area contributed by atoms with E-state index in [0.717, 1.165) is 77.8 Å². The fourth-order valence-electron chi connectivity index (χ4n) is 2.73. The van der Waals surface area contributed by atoms with Gasteiger partial charge < -0.3 is 19.9 Å². The molecular weight excluding hydrogens is 445 g/mol. The zero-order valence-electron chi connectivity index (χ0n) is 15.7. The second-order valence-corrected chi connectivity index (χ2v) is 6.08. The normalized spacial score (nSPS) is 15.3. The van der Waals surface area contributed by atoms with Crippen LogP contribution in [0.2, 0.25) is 0 Å². The number of hydrogen-bond donors (Lipinski definition) is 2. The van der Waals surface area contributed by atoms with Gasteiger partial charge in [0.25, 0.3) is 0 Å². The number of aromatic nitrogens is 1. The van der Waals surface area contributed by atoms with E-state index in [1.165, 1.54) is 0 Å². The van der Waals surface area contributed by atoms with E-state index >= 15 is 0 Å². The number of ether oxygens (including phenoxy) is 1. The third kappa shape index (κ3) is 9.00. The third-order valence-electron chi connectivity index (χ3n) is 4.14. The van der Waals surface area contributed by atoms with Crippen LogP contribution in [0.4, 0.5) is 0 Å². The molecule has 0 amide bonds. The minimum atomic E-state index is 0. The van der Waals surface area contributed by atoms with Gasteiger partial charge in [-0.15, -0.1) is 24.0 Å². The first-order chi connectivity index (χ1) is 12.3. The van der Waals surface area contributed by atoms with E-state index < -0.39 is 0 Å². The van der Waals surface area contributed by atoms with Gasteiger partial charge in [-0.25, -0.2) is 0 Å². The number of morpholine rings is 1. The van der Waals surface area contributed by atoms with Gasteiger partial charge in [0.1, 0.15) is 0 Å². The Morgan fingerprint density at radius 2 is 2.00 bits per heavy atom. The highest BCUT2D eigenvalue weighted by Crippen LogP contribution is 1.96. The van der Waals surface area contributed by atoms with Gasteiger partial charge in [-0.05, 0) is 25.8 Å². The van der Waals surface area contributed by atoms with E-state index in [0.29, 0.717) is 0 Å².